The van der Waals surface area contributed by atoms with Crippen LogP contribution in [0.3, 0.4) is 0 Å². The van der Waals surface area contributed by atoms with Crippen LogP contribution < -0.4 is 15.0 Å². The molecule has 4 rings (SSSR count). The average Bonchev–Trinajstić information content (AvgIpc) is 2.78. The zero-order chi connectivity index (χ0) is 20.1. The molecular weight excluding hydrogens is 360 g/mol. The Labute approximate surface area is 174 Å². The number of carbonyl (C=O) groups excluding carboxylic acids is 1. The van der Waals surface area contributed by atoms with E-state index in [1.807, 2.05) is 19.1 Å². The predicted octanol–water partition coefficient (Wildman–Crippen LogP) is 4.81. The zero-order valence-corrected chi connectivity index (χ0v) is 17.5. The number of benzene rings is 2. The molecule has 1 atom stereocenters. The van der Waals surface area contributed by atoms with Crippen molar-refractivity contribution in [3.05, 3.63) is 59.2 Å². The molecule has 1 saturated heterocycles. The number of aryl methyl sites for hydroxylation is 1. The number of hydrogen-bond acceptors (Lipinski definition) is 3. The van der Waals surface area contributed by atoms with Crippen LogP contribution in [-0.4, -0.2) is 25.6 Å². The molecule has 2 aromatic rings. The Morgan fingerprint density at radius 2 is 1.76 bits per heavy atom. The molecular formula is C25H32N2O2. The second kappa shape index (κ2) is 9.34. The lowest BCUT2D eigenvalue weighted by Crippen LogP contribution is -2.31. The van der Waals surface area contributed by atoms with Crippen molar-refractivity contribution in [1.29, 1.82) is 0 Å². The molecule has 1 aliphatic heterocycles. The highest BCUT2D eigenvalue weighted by molar-refractivity contribution is 5.78. The number of amides is 1. The number of hydrogen-bond donors (Lipinski definition) is 1. The summed E-state index contributed by atoms with van der Waals surface area (Å²) in [5, 5.41) is 3.07. The van der Waals surface area contributed by atoms with Gasteiger partial charge in [0.25, 0.3) is 5.91 Å². The SMILES string of the molecule is C[C@H](NC(=O)COc1cccc2c1CCCC2)c1ccc(N2CCCCC2)cc1. The molecule has 0 spiro atoms. The largest absolute Gasteiger partial charge is 0.483 e. The van der Waals surface area contributed by atoms with E-state index in [2.05, 4.69) is 40.5 Å². The van der Waals surface area contributed by atoms with Gasteiger partial charge in [0.1, 0.15) is 5.75 Å². The summed E-state index contributed by atoms with van der Waals surface area (Å²) in [6, 6.07) is 14.8. The maximum Gasteiger partial charge on any atom is 0.258 e. The van der Waals surface area contributed by atoms with Crippen LogP contribution in [0.4, 0.5) is 5.69 Å². The van der Waals surface area contributed by atoms with Gasteiger partial charge in [-0.1, -0.05) is 24.3 Å². The second-order valence-electron chi connectivity index (χ2n) is 8.32. The van der Waals surface area contributed by atoms with E-state index < -0.39 is 0 Å². The van der Waals surface area contributed by atoms with Gasteiger partial charge < -0.3 is 15.0 Å². The zero-order valence-electron chi connectivity index (χ0n) is 17.5. The van der Waals surface area contributed by atoms with Crippen molar-refractivity contribution in [2.24, 2.45) is 0 Å². The molecule has 2 aromatic carbocycles. The summed E-state index contributed by atoms with van der Waals surface area (Å²) in [5.74, 6) is 0.793. The highest BCUT2D eigenvalue weighted by atomic mass is 16.5. The van der Waals surface area contributed by atoms with E-state index in [4.69, 9.17) is 4.74 Å². The lowest BCUT2D eigenvalue weighted by atomic mass is 9.91. The smallest absolute Gasteiger partial charge is 0.258 e. The van der Waals surface area contributed by atoms with Gasteiger partial charge in [0, 0.05) is 18.8 Å². The topological polar surface area (TPSA) is 41.6 Å². The minimum Gasteiger partial charge on any atom is -0.483 e. The molecule has 0 bridgehead atoms. The van der Waals surface area contributed by atoms with Crippen molar-refractivity contribution in [2.45, 2.75) is 57.9 Å². The number of nitrogens with one attached hydrogen (secondary N) is 1. The third-order valence-corrected chi connectivity index (χ3v) is 6.20. The minimum absolute atomic E-state index is 0.0359. The highest BCUT2D eigenvalue weighted by Crippen LogP contribution is 2.29. The van der Waals surface area contributed by atoms with Gasteiger partial charge in [-0.05, 0) is 86.8 Å². The summed E-state index contributed by atoms with van der Waals surface area (Å²) in [6.07, 6.45) is 8.49. The molecule has 1 amide bonds. The maximum atomic E-state index is 12.4. The molecule has 4 nitrogen and oxygen atoms in total. The summed E-state index contributed by atoms with van der Waals surface area (Å²) in [4.78, 5) is 14.9. The Balaban J connectivity index is 1.30. The van der Waals surface area contributed by atoms with Crippen LogP contribution in [0.1, 0.15) is 61.8 Å². The Morgan fingerprint density at radius 3 is 2.55 bits per heavy atom. The van der Waals surface area contributed by atoms with Crippen molar-refractivity contribution >= 4 is 11.6 Å². The number of rotatable bonds is 6. The van der Waals surface area contributed by atoms with E-state index in [0.29, 0.717) is 0 Å². The molecule has 1 aliphatic carbocycles. The average molecular weight is 393 g/mol. The van der Waals surface area contributed by atoms with Crippen molar-refractivity contribution in [2.75, 3.05) is 24.6 Å². The molecule has 0 unspecified atom stereocenters. The molecule has 0 aromatic heterocycles. The summed E-state index contributed by atoms with van der Waals surface area (Å²) in [5.41, 5.74) is 5.06. The van der Waals surface area contributed by atoms with E-state index in [0.717, 1.165) is 37.2 Å². The number of piperidine rings is 1. The molecule has 4 heteroatoms. The molecule has 154 valence electrons. The first kappa shape index (κ1) is 19.8. The fraction of sp³-hybridized carbons (Fsp3) is 0.480. The van der Waals surface area contributed by atoms with E-state index in [-0.39, 0.29) is 18.6 Å². The predicted molar refractivity (Wildman–Crippen MR) is 118 cm³/mol. The quantitative estimate of drug-likeness (QED) is 0.767. The Kier molecular flexibility index (Phi) is 6.38. The van der Waals surface area contributed by atoms with Crippen LogP contribution in [0, 0.1) is 0 Å². The van der Waals surface area contributed by atoms with Crippen molar-refractivity contribution in [3.8, 4) is 5.75 Å². The van der Waals surface area contributed by atoms with Gasteiger partial charge in [-0.2, -0.15) is 0 Å². The summed E-state index contributed by atoms with van der Waals surface area (Å²) < 4.78 is 5.88. The van der Waals surface area contributed by atoms with Gasteiger partial charge in [-0.15, -0.1) is 0 Å². The normalized spacial score (nSPS) is 17.3. The van der Waals surface area contributed by atoms with Crippen LogP contribution in [0.25, 0.3) is 0 Å². The van der Waals surface area contributed by atoms with Gasteiger partial charge in [-0.25, -0.2) is 0 Å². The van der Waals surface area contributed by atoms with Crippen LogP contribution >= 0.6 is 0 Å². The van der Waals surface area contributed by atoms with Gasteiger partial charge in [0.15, 0.2) is 6.61 Å². The summed E-state index contributed by atoms with van der Waals surface area (Å²) in [6.45, 7) is 4.38. The summed E-state index contributed by atoms with van der Waals surface area (Å²) >= 11 is 0. The molecule has 1 heterocycles. The number of fused-ring (bicyclic) bond motifs is 1. The second-order valence-corrected chi connectivity index (χ2v) is 8.32. The van der Waals surface area contributed by atoms with E-state index >= 15 is 0 Å². The van der Waals surface area contributed by atoms with Crippen LogP contribution in [0.5, 0.6) is 5.75 Å². The first-order chi connectivity index (χ1) is 14.2. The third-order valence-electron chi connectivity index (χ3n) is 6.20. The standard InChI is InChI=1S/C25H32N2O2/c1-19(20-12-14-22(15-13-20)27-16-5-2-6-17-27)26-25(28)18-29-24-11-7-9-21-8-3-4-10-23(21)24/h7,9,11-15,19H,2-6,8,10,16-18H2,1H3,(H,26,28)/t19-/m0/s1. The van der Waals surface area contributed by atoms with Crippen molar-refractivity contribution in [3.63, 3.8) is 0 Å². The van der Waals surface area contributed by atoms with E-state index in [1.54, 1.807) is 0 Å². The monoisotopic (exact) mass is 392 g/mol. The minimum atomic E-state index is -0.0778. The number of nitrogens with zero attached hydrogens (tertiary/aromatic N) is 1. The molecule has 2 aliphatic rings. The van der Waals surface area contributed by atoms with Gasteiger partial charge in [0.2, 0.25) is 0 Å². The van der Waals surface area contributed by atoms with E-state index in [9.17, 15) is 4.79 Å². The van der Waals surface area contributed by atoms with Crippen molar-refractivity contribution in [1.82, 2.24) is 5.32 Å². The molecule has 0 radical (unpaired) electrons. The van der Waals surface area contributed by atoms with Gasteiger partial charge in [0.05, 0.1) is 6.04 Å². The van der Waals surface area contributed by atoms with Crippen LogP contribution in [0.15, 0.2) is 42.5 Å². The van der Waals surface area contributed by atoms with Crippen molar-refractivity contribution < 1.29 is 9.53 Å². The third kappa shape index (κ3) is 4.92. The lowest BCUT2D eigenvalue weighted by Gasteiger charge is -2.29. The van der Waals surface area contributed by atoms with E-state index in [1.165, 1.54) is 48.9 Å². The first-order valence-corrected chi connectivity index (χ1v) is 11.1. The highest BCUT2D eigenvalue weighted by Gasteiger charge is 2.16. The van der Waals surface area contributed by atoms with Gasteiger partial charge in [-0.3, -0.25) is 4.79 Å². The lowest BCUT2D eigenvalue weighted by molar-refractivity contribution is -0.123. The Bertz CT molecular complexity index is 825. The fourth-order valence-electron chi connectivity index (χ4n) is 4.52. The molecule has 1 fully saturated rings. The number of ether oxygens (including phenoxy) is 1. The van der Waals surface area contributed by atoms with Gasteiger partial charge >= 0.3 is 0 Å². The maximum absolute atomic E-state index is 12.4. The van der Waals surface area contributed by atoms with Crippen LogP contribution in [-0.2, 0) is 17.6 Å². The Hall–Kier alpha value is -2.49. The molecule has 29 heavy (non-hydrogen) atoms. The first-order valence-electron chi connectivity index (χ1n) is 11.1. The fourth-order valence-corrected chi connectivity index (χ4v) is 4.52. The Morgan fingerprint density at radius 1 is 1.00 bits per heavy atom. The molecule has 0 saturated carbocycles. The number of anilines is 1. The van der Waals surface area contributed by atoms with Crippen LogP contribution in [0.2, 0.25) is 0 Å². The summed E-state index contributed by atoms with van der Waals surface area (Å²) in [7, 11) is 0. The number of carbonyl (C=O) groups is 1. The molecule has 1 N–H and O–H groups in total.